The minimum atomic E-state index is -3.56. The van der Waals surface area contributed by atoms with Gasteiger partial charge in [0.15, 0.2) is 7.14 Å². The zero-order chi connectivity index (χ0) is 23.3. The predicted molar refractivity (Wildman–Crippen MR) is 120 cm³/mol. The van der Waals surface area contributed by atoms with E-state index in [9.17, 15) is 18.9 Å². The van der Waals surface area contributed by atoms with Crippen molar-refractivity contribution in [3.05, 3.63) is 72.8 Å². The van der Waals surface area contributed by atoms with Gasteiger partial charge >= 0.3 is 17.9 Å². The summed E-state index contributed by atoms with van der Waals surface area (Å²) in [6.07, 6.45) is 0. The fourth-order valence-electron chi connectivity index (χ4n) is 3.17. The van der Waals surface area contributed by atoms with Gasteiger partial charge in [-0.2, -0.15) is 0 Å². The Morgan fingerprint density at radius 1 is 0.562 bits per heavy atom. The molecule has 3 aromatic carbocycles. The number of hydrogen-bond acceptors (Lipinski definition) is 7. The first-order valence-corrected chi connectivity index (χ1v) is 11.4. The van der Waals surface area contributed by atoms with E-state index >= 15 is 0 Å². The topological polar surface area (TPSA) is 96.0 Å². The van der Waals surface area contributed by atoms with Crippen LogP contribution >= 0.6 is 7.14 Å². The summed E-state index contributed by atoms with van der Waals surface area (Å²) >= 11 is 0. The van der Waals surface area contributed by atoms with Crippen LogP contribution in [0.15, 0.2) is 72.8 Å². The molecule has 0 saturated heterocycles. The summed E-state index contributed by atoms with van der Waals surface area (Å²) in [5, 5.41) is 1.16. The third kappa shape index (κ3) is 5.31. The molecule has 0 aliphatic heterocycles. The van der Waals surface area contributed by atoms with Crippen molar-refractivity contribution in [1.29, 1.82) is 0 Å². The van der Waals surface area contributed by atoms with Gasteiger partial charge < -0.3 is 18.8 Å². The van der Waals surface area contributed by atoms with Crippen molar-refractivity contribution in [1.82, 2.24) is 0 Å². The molecular formula is C24H21O7P. The highest BCUT2D eigenvalue weighted by atomic mass is 31.2. The molecule has 0 heterocycles. The molecule has 0 saturated carbocycles. The molecule has 0 fully saturated rings. The van der Waals surface area contributed by atoms with E-state index in [1.165, 1.54) is 39.0 Å². The number of ether oxygens (including phenoxy) is 3. The van der Waals surface area contributed by atoms with Crippen LogP contribution in [-0.2, 0) is 18.9 Å². The van der Waals surface area contributed by atoms with E-state index in [2.05, 4.69) is 0 Å². The maximum Gasteiger partial charge on any atom is 0.308 e. The maximum atomic E-state index is 14.7. The zero-order valence-electron chi connectivity index (χ0n) is 17.7. The third-order valence-electron chi connectivity index (χ3n) is 4.33. The summed E-state index contributed by atoms with van der Waals surface area (Å²) in [6, 6.07) is 19.2. The second-order valence-electron chi connectivity index (χ2n) is 6.88. The average Bonchev–Trinajstić information content (AvgIpc) is 2.72. The Labute approximate surface area is 185 Å². The standard InChI is InChI=1S/C24H21O7P/c1-16(25)29-19-7-4-10-22(13-19)32(28,23-11-5-8-20(14-23)30-17(2)26)24-12-6-9-21(15-24)31-18(3)27/h4-15H,1-3H3. The molecule has 164 valence electrons. The van der Waals surface area contributed by atoms with Crippen molar-refractivity contribution in [2.24, 2.45) is 0 Å². The molecule has 0 unspecified atom stereocenters. The smallest absolute Gasteiger partial charge is 0.308 e. The van der Waals surface area contributed by atoms with Crippen LogP contribution in [-0.4, -0.2) is 17.9 Å². The third-order valence-corrected chi connectivity index (χ3v) is 7.34. The molecule has 3 rings (SSSR count). The van der Waals surface area contributed by atoms with Gasteiger partial charge in [0.1, 0.15) is 17.2 Å². The number of carbonyl (C=O) groups excluding carboxylic acids is 3. The van der Waals surface area contributed by atoms with Gasteiger partial charge in [-0.3, -0.25) is 14.4 Å². The molecule has 0 aliphatic rings. The van der Waals surface area contributed by atoms with Crippen molar-refractivity contribution < 1.29 is 33.2 Å². The van der Waals surface area contributed by atoms with Crippen molar-refractivity contribution in [2.45, 2.75) is 20.8 Å². The lowest BCUT2D eigenvalue weighted by Crippen LogP contribution is -2.25. The highest BCUT2D eigenvalue weighted by Crippen LogP contribution is 2.44. The SMILES string of the molecule is CC(=O)Oc1cccc(P(=O)(c2cccc(OC(C)=O)c2)c2cccc(OC(C)=O)c2)c1. The molecule has 7 nitrogen and oxygen atoms in total. The largest absolute Gasteiger partial charge is 0.427 e. The number of esters is 3. The van der Waals surface area contributed by atoms with Crippen molar-refractivity contribution >= 4 is 41.0 Å². The number of rotatable bonds is 6. The Morgan fingerprint density at radius 2 is 0.844 bits per heavy atom. The molecule has 0 atom stereocenters. The monoisotopic (exact) mass is 452 g/mol. The zero-order valence-corrected chi connectivity index (χ0v) is 18.6. The number of benzene rings is 3. The molecule has 0 N–H and O–H groups in total. The maximum absolute atomic E-state index is 14.7. The van der Waals surface area contributed by atoms with Crippen LogP contribution in [0.2, 0.25) is 0 Å². The van der Waals surface area contributed by atoms with Gasteiger partial charge in [-0.15, -0.1) is 0 Å². The fraction of sp³-hybridized carbons (Fsp3) is 0.125. The van der Waals surface area contributed by atoms with E-state index in [1.807, 2.05) is 0 Å². The normalized spacial score (nSPS) is 10.8. The van der Waals surface area contributed by atoms with E-state index in [0.717, 1.165) is 0 Å². The quantitative estimate of drug-likeness (QED) is 0.322. The van der Waals surface area contributed by atoms with Gasteiger partial charge in [0.2, 0.25) is 0 Å². The van der Waals surface area contributed by atoms with Crippen LogP contribution in [0.1, 0.15) is 20.8 Å². The Bertz CT molecular complexity index is 1080. The van der Waals surface area contributed by atoms with Crippen LogP contribution in [0.3, 0.4) is 0 Å². The highest BCUT2D eigenvalue weighted by Gasteiger charge is 2.31. The van der Waals surface area contributed by atoms with Gasteiger partial charge in [-0.05, 0) is 36.4 Å². The van der Waals surface area contributed by atoms with Crippen LogP contribution in [0.5, 0.6) is 17.2 Å². The van der Waals surface area contributed by atoms with Gasteiger partial charge in [0, 0.05) is 36.7 Å². The second-order valence-corrected chi connectivity index (χ2v) is 9.65. The molecule has 0 aromatic heterocycles. The van der Waals surface area contributed by atoms with Crippen LogP contribution in [0.25, 0.3) is 0 Å². The number of hydrogen-bond donors (Lipinski definition) is 0. The van der Waals surface area contributed by atoms with Crippen molar-refractivity contribution in [3.63, 3.8) is 0 Å². The van der Waals surface area contributed by atoms with E-state index in [4.69, 9.17) is 14.2 Å². The van der Waals surface area contributed by atoms with Gasteiger partial charge in [0.05, 0.1) is 0 Å². The molecule has 32 heavy (non-hydrogen) atoms. The molecule has 0 radical (unpaired) electrons. The predicted octanol–water partition coefficient (Wildman–Crippen LogP) is 3.10. The molecule has 8 heteroatoms. The lowest BCUT2D eigenvalue weighted by Gasteiger charge is -2.21. The summed E-state index contributed by atoms with van der Waals surface area (Å²) in [4.78, 5) is 34.3. The summed E-state index contributed by atoms with van der Waals surface area (Å²) in [5.74, 6) is -0.811. The lowest BCUT2D eigenvalue weighted by molar-refractivity contribution is -0.132. The van der Waals surface area contributed by atoms with Crippen LogP contribution in [0.4, 0.5) is 0 Å². The Balaban J connectivity index is 2.23. The van der Waals surface area contributed by atoms with Crippen LogP contribution in [0, 0.1) is 0 Å². The Hall–Kier alpha value is -3.70. The van der Waals surface area contributed by atoms with Crippen LogP contribution < -0.4 is 30.1 Å². The molecule has 0 aliphatic carbocycles. The lowest BCUT2D eigenvalue weighted by atomic mass is 10.3. The Kier molecular flexibility index (Phi) is 6.91. The average molecular weight is 452 g/mol. The summed E-state index contributed by atoms with van der Waals surface area (Å²) < 4.78 is 30.2. The summed E-state index contributed by atoms with van der Waals surface area (Å²) in [7, 11) is -3.56. The minimum absolute atomic E-state index is 0.238. The van der Waals surface area contributed by atoms with Gasteiger partial charge in [-0.25, -0.2) is 0 Å². The first-order chi connectivity index (χ1) is 15.2. The molecular weight excluding hydrogens is 431 g/mol. The minimum Gasteiger partial charge on any atom is -0.427 e. The van der Waals surface area contributed by atoms with Crippen molar-refractivity contribution in [3.8, 4) is 17.2 Å². The molecule has 0 spiro atoms. The van der Waals surface area contributed by atoms with E-state index in [0.29, 0.717) is 15.9 Å². The fourth-order valence-corrected chi connectivity index (χ4v) is 5.88. The number of carbonyl (C=O) groups is 3. The molecule has 3 aromatic rings. The second kappa shape index (κ2) is 9.62. The summed E-state index contributed by atoms with van der Waals surface area (Å²) in [5.41, 5.74) is 0. The first-order valence-electron chi connectivity index (χ1n) is 9.65. The van der Waals surface area contributed by atoms with E-state index in [1.54, 1.807) is 54.6 Å². The van der Waals surface area contributed by atoms with Gasteiger partial charge in [-0.1, -0.05) is 36.4 Å². The van der Waals surface area contributed by atoms with Gasteiger partial charge in [0.25, 0.3) is 0 Å². The van der Waals surface area contributed by atoms with E-state index < -0.39 is 25.0 Å². The molecule has 0 bridgehead atoms. The highest BCUT2D eigenvalue weighted by molar-refractivity contribution is 7.85. The van der Waals surface area contributed by atoms with Crippen molar-refractivity contribution in [2.75, 3.05) is 0 Å². The summed E-state index contributed by atoms with van der Waals surface area (Å²) in [6.45, 7) is 3.83. The Morgan fingerprint density at radius 3 is 1.09 bits per heavy atom. The first kappa shape index (κ1) is 23.0. The molecule has 0 amide bonds. The van der Waals surface area contributed by atoms with E-state index in [-0.39, 0.29) is 17.2 Å².